The molecule has 0 N–H and O–H groups in total. The Morgan fingerprint density at radius 3 is 2.41 bits per heavy atom. The number of methoxy groups -OCH3 is 1. The van der Waals surface area contributed by atoms with Crippen LogP contribution in [0.2, 0.25) is 0 Å². The van der Waals surface area contributed by atoms with Crippen molar-refractivity contribution in [3.63, 3.8) is 0 Å². The molecule has 0 radical (unpaired) electrons. The summed E-state index contributed by atoms with van der Waals surface area (Å²) < 4.78 is 58.6. The Morgan fingerprint density at radius 2 is 1.74 bits per heavy atom. The molecule has 0 unspecified atom stereocenters. The highest BCUT2D eigenvalue weighted by atomic mass is 32.2. The number of carbonyl (C=O) groups is 1. The molecule has 0 bridgehead atoms. The maximum absolute atomic E-state index is 13.9. The number of carbonyl (C=O) groups excluding carboxylic acids is 1. The van der Waals surface area contributed by atoms with Crippen molar-refractivity contribution in [1.82, 2.24) is 9.21 Å². The molecule has 144 valence electrons. The first-order valence-corrected chi connectivity index (χ1v) is 9.65. The molecule has 1 saturated heterocycles. The first kappa shape index (κ1) is 19.2. The van der Waals surface area contributed by atoms with E-state index in [1.165, 1.54) is 12.0 Å². The molecule has 2 aromatic carbocycles. The van der Waals surface area contributed by atoms with Crippen molar-refractivity contribution in [2.24, 2.45) is 0 Å². The monoisotopic (exact) mass is 396 g/mol. The third kappa shape index (κ3) is 3.93. The smallest absolute Gasteiger partial charge is 0.254 e. The van der Waals surface area contributed by atoms with E-state index in [4.69, 9.17) is 4.74 Å². The lowest BCUT2D eigenvalue weighted by molar-refractivity contribution is 0.0697. The number of ether oxygens (including phenoxy) is 1. The topological polar surface area (TPSA) is 66.9 Å². The Bertz CT molecular complexity index is 958. The van der Waals surface area contributed by atoms with E-state index >= 15 is 0 Å². The predicted octanol–water partition coefficient (Wildman–Crippen LogP) is 2.12. The summed E-state index contributed by atoms with van der Waals surface area (Å²) in [6, 6.07) is 8.97. The average Bonchev–Trinajstić information content (AvgIpc) is 2.69. The molecule has 3 rings (SSSR count). The van der Waals surface area contributed by atoms with E-state index in [0.717, 1.165) is 16.4 Å². The molecule has 2 aromatic rings. The van der Waals surface area contributed by atoms with Gasteiger partial charge in [-0.2, -0.15) is 4.31 Å². The van der Waals surface area contributed by atoms with Crippen LogP contribution in [0.5, 0.6) is 5.75 Å². The number of halogens is 2. The SMILES string of the molecule is COc1cccc(C(=O)N2CCN(S(=O)(=O)c3cc(F)ccc3F)CC2)c1. The third-order valence-electron chi connectivity index (χ3n) is 4.35. The van der Waals surface area contributed by atoms with Gasteiger partial charge in [-0.15, -0.1) is 0 Å². The summed E-state index contributed by atoms with van der Waals surface area (Å²) in [4.78, 5) is 13.4. The Hall–Kier alpha value is -2.52. The number of benzene rings is 2. The number of nitrogens with zero attached hydrogens (tertiary/aromatic N) is 2. The van der Waals surface area contributed by atoms with Crippen LogP contribution >= 0.6 is 0 Å². The molecule has 0 atom stereocenters. The van der Waals surface area contributed by atoms with E-state index in [0.29, 0.717) is 17.4 Å². The Labute approximate surface area is 156 Å². The second-order valence-electron chi connectivity index (χ2n) is 6.00. The molecule has 1 aliphatic heterocycles. The largest absolute Gasteiger partial charge is 0.497 e. The zero-order chi connectivity index (χ0) is 19.6. The summed E-state index contributed by atoms with van der Waals surface area (Å²) in [6.07, 6.45) is 0. The van der Waals surface area contributed by atoms with Crippen molar-refractivity contribution in [3.8, 4) is 5.75 Å². The molecule has 1 amide bonds. The summed E-state index contributed by atoms with van der Waals surface area (Å²) in [6.45, 7) is 0.278. The highest BCUT2D eigenvalue weighted by Gasteiger charge is 2.32. The fourth-order valence-corrected chi connectivity index (χ4v) is 4.38. The molecular weight excluding hydrogens is 378 g/mol. The molecule has 6 nitrogen and oxygen atoms in total. The van der Waals surface area contributed by atoms with Gasteiger partial charge in [-0.3, -0.25) is 4.79 Å². The normalized spacial score (nSPS) is 15.6. The van der Waals surface area contributed by atoms with Crippen molar-refractivity contribution < 1.29 is 26.7 Å². The van der Waals surface area contributed by atoms with Crippen molar-refractivity contribution >= 4 is 15.9 Å². The highest BCUT2D eigenvalue weighted by molar-refractivity contribution is 7.89. The van der Waals surface area contributed by atoms with E-state index < -0.39 is 26.6 Å². The van der Waals surface area contributed by atoms with Gasteiger partial charge in [-0.25, -0.2) is 17.2 Å². The molecular formula is C18H18F2N2O4S. The molecule has 27 heavy (non-hydrogen) atoms. The Morgan fingerprint density at radius 1 is 1.04 bits per heavy atom. The van der Waals surface area contributed by atoms with Gasteiger partial charge in [0, 0.05) is 31.7 Å². The van der Waals surface area contributed by atoms with Gasteiger partial charge in [0.15, 0.2) is 0 Å². The molecule has 1 fully saturated rings. The van der Waals surface area contributed by atoms with Crippen LogP contribution in [-0.4, -0.2) is 56.8 Å². The van der Waals surface area contributed by atoms with Crippen molar-refractivity contribution in [3.05, 3.63) is 59.7 Å². The second-order valence-corrected chi connectivity index (χ2v) is 7.91. The minimum Gasteiger partial charge on any atom is -0.497 e. The summed E-state index contributed by atoms with van der Waals surface area (Å²) in [7, 11) is -2.68. The van der Waals surface area contributed by atoms with E-state index in [9.17, 15) is 22.0 Å². The van der Waals surface area contributed by atoms with Gasteiger partial charge in [0.25, 0.3) is 5.91 Å². The maximum atomic E-state index is 13.9. The van der Waals surface area contributed by atoms with Crippen LogP contribution < -0.4 is 4.74 Å². The molecule has 0 aliphatic carbocycles. The van der Waals surface area contributed by atoms with Gasteiger partial charge in [0.1, 0.15) is 22.3 Å². The lowest BCUT2D eigenvalue weighted by Gasteiger charge is -2.34. The number of hydrogen-bond acceptors (Lipinski definition) is 4. The van der Waals surface area contributed by atoms with Crippen LogP contribution in [0.25, 0.3) is 0 Å². The quantitative estimate of drug-likeness (QED) is 0.794. The van der Waals surface area contributed by atoms with E-state index in [-0.39, 0.29) is 32.1 Å². The maximum Gasteiger partial charge on any atom is 0.254 e. The Balaban J connectivity index is 1.73. The third-order valence-corrected chi connectivity index (χ3v) is 6.27. The van der Waals surface area contributed by atoms with Crippen LogP contribution in [0.15, 0.2) is 47.4 Å². The zero-order valence-electron chi connectivity index (χ0n) is 14.6. The molecule has 0 aromatic heterocycles. The lowest BCUT2D eigenvalue weighted by Crippen LogP contribution is -2.50. The second kappa shape index (κ2) is 7.61. The van der Waals surface area contributed by atoms with Gasteiger partial charge in [0.05, 0.1) is 7.11 Å². The van der Waals surface area contributed by atoms with Crippen molar-refractivity contribution in [1.29, 1.82) is 0 Å². The van der Waals surface area contributed by atoms with Gasteiger partial charge in [-0.1, -0.05) is 6.07 Å². The number of hydrogen-bond donors (Lipinski definition) is 0. The van der Waals surface area contributed by atoms with E-state index in [2.05, 4.69) is 0 Å². The van der Waals surface area contributed by atoms with Gasteiger partial charge in [0.2, 0.25) is 10.0 Å². The van der Waals surface area contributed by atoms with Crippen LogP contribution in [0.3, 0.4) is 0 Å². The number of sulfonamides is 1. The average molecular weight is 396 g/mol. The zero-order valence-corrected chi connectivity index (χ0v) is 15.4. The number of amides is 1. The van der Waals surface area contributed by atoms with Gasteiger partial charge in [-0.05, 0) is 36.4 Å². The van der Waals surface area contributed by atoms with E-state index in [1.54, 1.807) is 24.3 Å². The van der Waals surface area contributed by atoms with Crippen molar-refractivity contribution in [2.45, 2.75) is 4.90 Å². The molecule has 1 heterocycles. The summed E-state index contributed by atoms with van der Waals surface area (Å²) in [5.74, 6) is -1.54. The van der Waals surface area contributed by atoms with Gasteiger partial charge >= 0.3 is 0 Å². The molecule has 0 spiro atoms. The highest BCUT2D eigenvalue weighted by Crippen LogP contribution is 2.22. The van der Waals surface area contributed by atoms with Crippen LogP contribution in [0.4, 0.5) is 8.78 Å². The Kier molecular flexibility index (Phi) is 5.43. The fraction of sp³-hybridized carbons (Fsp3) is 0.278. The minimum absolute atomic E-state index is 0.00596. The van der Waals surface area contributed by atoms with Crippen LogP contribution in [0.1, 0.15) is 10.4 Å². The lowest BCUT2D eigenvalue weighted by atomic mass is 10.1. The molecule has 1 aliphatic rings. The van der Waals surface area contributed by atoms with E-state index in [1.807, 2.05) is 0 Å². The van der Waals surface area contributed by atoms with Crippen LogP contribution in [-0.2, 0) is 10.0 Å². The summed E-state index contributed by atoms with van der Waals surface area (Å²) in [5, 5.41) is 0. The number of rotatable bonds is 4. The first-order chi connectivity index (χ1) is 12.8. The van der Waals surface area contributed by atoms with Crippen LogP contribution in [0, 0.1) is 11.6 Å². The molecule has 0 saturated carbocycles. The van der Waals surface area contributed by atoms with Crippen molar-refractivity contribution in [2.75, 3.05) is 33.3 Å². The number of piperazine rings is 1. The standard InChI is InChI=1S/C18H18F2N2O4S/c1-26-15-4-2-3-13(11-15)18(23)21-7-9-22(10-8-21)27(24,25)17-12-14(19)5-6-16(17)20/h2-6,11-12H,7-10H2,1H3. The fourth-order valence-electron chi connectivity index (χ4n) is 2.88. The summed E-state index contributed by atoms with van der Waals surface area (Å²) >= 11 is 0. The molecule has 9 heteroatoms. The predicted molar refractivity (Wildman–Crippen MR) is 94.0 cm³/mol. The minimum atomic E-state index is -4.18. The first-order valence-electron chi connectivity index (χ1n) is 8.21. The van der Waals surface area contributed by atoms with Gasteiger partial charge < -0.3 is 9.64 Å². The summed E-state index contributed by atoms with van der Waals surface area (Å²) in [5.41, 5.74) is 0.432.